The molecule has 0 saturated carbocycles. The minimum absolute atomic E-state index is 0.146. The molecule has 2 aromatic rings. The highest BCUT2D eigenvalue weighted by molar-refractivity contribution is 7.93. The number of hydrogen-bond acceptors (Lipinski definition) is 5. The molecule has 1 aromatic carbocycles. The molecular weight excluding hydrogens is 351 g/mol. The van der Waals surface area contributed by atoms with Crippen LogP contribution >= 0.6 is 34.5 Å². The molecule has 3 rings (SSSR count). The molecule has 0 radical (unpaired) electrons. The number of anilines is 1. The second-order valence-electron chi connectivity index (χ2n) is 4.49. The van der Waals surface area contributed by atoms with Crippen LogP contribution < -0.4 is 10.8 Å². The lowest BCUT2D eigenvalue weighted by Crippen LogP contribution is -2.11. The Kier molecular flexibility index (Phi) is 3.96. The van der Waals surface area contributed by atoms with Gasteiger partial charge in [-0.05, 0) is 36.1 Å². The van der Waals surface area contributed by atoms with Crippen molar-refractivity contribution in [3.05, 3.63) is 50.6 Å². The van der Waals surface area contributed by atoms with E-state index in [0.29, 0.717) is 31.7 Å². The fourth-order valence-corrected chi connectivity index (χ4v) is 5.43. The molecule has 4 nitrogen and oxygen atoms in total. The lowest BCUT2D eigenvalue weighted by molar-refractivity contribution is 0.601. The number of hydrogen-bond donors (Lipinski definition) is 1. The highest BCUT2D eigenvalue weighted by Gasteiger charge is 2.27. The van der Waals surface area contributed by atoms with Crippen molar-refractivity contribution in [2.45, 2.75) is 10.6 Å². The average molecular weight is 361 g/mol. The van der Waals surface area contributed by atoms with Gasteiger partial charge in [-0.1, -0.05) is 23.2 Å². The van der Waals surface area contributed by atoms with Gasteiger partial charge >= 0.3 is 0 Å². The van der Waals surface area contributed by atoms with E-state index in [0.717, 1.165) is 5.56 Å². The number of rotatable bonds is 2. The van der Waals surface area contributed by atoms with E-state index in [4.69, 9.17) is 23.2 Å². The highest BCUT2D eigenvalue weighted by atomic mass is 35.5. The molecule has 1 aromatic heterocycles. The summed E-state index contributed by atoms with van der Waals surface area (Å²) in [4.78, 5) is 0. The molecular formula is C13H10Cl2N2O2S2. The van der Waals surface area contributed by atoms with Gasteiger partial charge in [0, 0.05) is 10.6 Å². The summed E-state index contributed by atoms with van der Waals surface area (Å²) in [5.41, 5.74) is 4.24. The van der Waals surface area contributed by atoms with E-state index in [2.05, 4.69) is 10.5 Å². The van der Waals surface area contributed by atoms with Crippen LogP contribution in [0.3, 0.4) is 0 Å². The first-order valence-electron chi connectivity index (χ1n) is 6.05. The largest absolute Gasteiger partial charge is 0.276 e. The third-order valence-electron chi connectivity index (χ3n) is 3.09. The van der Waals surface area contributed by atoms with Crippen LogP contribution in [0, 0.1) is 0 Å². The standard InChI is InChI=1S/C13H10Cl2N2O2S2/c14-8-1-2-12(10(15)7-8)17-16-11-3-5-20-13-9(11)4-6-21(13,18)19/h1-3,5,7,17H,4,6H2. The molecule has 0 spiro atoms. The Labute approximate surface area is 136 Å². The Morgan fingerprint density at radius 3 is 2.81 bits per heavy atom. The Bertz CT molecular complexity index is 876. The second-order valence-corrected chi connectivity index (χ2v) is 8.55. The van der Waals surface area contributed by atoms with E-state index in [1.54, 1.807) is 29.6 Å². The van der Waals surface area contributed by atoms with Gasteiger partial charge in [0.25, 0.3) is 0 Å². The normalized spacial score (nSPS) is 16.8. The molecule has 1 N–H and O–H groups in total. The monoisotopic (exact) mass is 360 g/mol. The van der Waals surface area contributed by atoms with Crippen LogP contribution in [0.4, 0.5) is 5.69 Å². The summed E-state index contributed by atoms with van der Waals surface area (Å²) in [5.74, 6) is 0.146. The van der Waals surface area contributed by atoms with E-state index < -0.39 is 9.84 Å². The fourth-order valence-electron chi connectivity index (χ4n) is 2.06. The van der Waals surface area contributed by atoms with Gasteiger partial charge in [0.2, 0.25) is 0 Å². The van der Waals surface area contributed by atoms with Crippen LogP contribution in [0.2, 0.25) is 10.0 Å². The zero-order valence-corrected chi connectivity index (χ0v) is 13.8. The molecule has 21 heavy (non-hydrogen) atoms. The molecule has 0 aliphatic carbocycles. The molecule has 8 heteroatoms. The van der Waals surface area contributed by atoms with Crippen LogP contribution in [0.1, 0.15) is 5.56 Å². The van der Waals surface area contributed by atoms with Gasteiger partial charge in [-0.2, -0.15) is 5.10 Å². The maximum absolute atomic E-state index is 11.9. The molecule has 2 heterocycles. The second kappa shape index (κ2) is 5.61. The summed E-state index contributed by atoms with van der Waals surface area (Å²) >= 11 is 13.1. The van der Waals surface area contributed by atoms with Crippen molar-refractivity contribution < 1.29 is 8.42 Å². The topological polar surface area (TPSA) is 58.5 Å². The van der Waals surface area contributed by atoms with Crippen LogP contribution in [0.5, 0.6) is 0 Å². The lowest BCUT2D eigenvalue weighted by Gasteiger charge is -2.04. The van der Waals surface area contributed by atoms with Crippen molar-refractivity contribution in [1.29, 1.82) is 0 Å². The number of sulfone groups is 1. The smallest absolute Gasteiger partial charge is 0.188 e. The summed E-state index contributed by atoms with van der Waals surface area (Å²) in [7, 11) is -3.14. The van der Waals surface area contributed by atoms with Crippen molar-refractivity contribution in [3.63, 3.8) is 0 Å². The zero-order chi connectivity index (χ0) is 15.0. The van der Waals surface area contributed by atoms with E-state index in [1.807, 2.05) is 0 Å². The summed E-state index contributed by atoms with van der Waals surface area (Å²) in [5, 5.41) is 7.61. The predicted molar refractivity (Wildman–Crippen MR) is 85.7 cm³/mol. The Morgan fingerprint density at radius 1 is 1.24 bits per heavy atom. The number of nitrogens with zero attached hydrogens (tertiary/aromatic N) is 1. The maximum Gasteiger partial charge on any atom is 0.188 e. The van der Waals surface area contributed by atoms with Gasteiger partial charge in [0.1, 0.15) is 4.21 Å². The van der Waals surface area contributed by atoms with E-state index in [9.17, 15) is 8.42 Å². The van der Waals surface area contributed by atoms with Crippen LogP contribution in [0.25, 0.3) is 0 Å². The first kappa shape index (κ1) is 14.8. The van der Waals surface area contributed by atoms with E-state index in [-0.39, 0.29) is 5.75 Å². The zero-order valence-electron chi connectivity index (χ0n) is 10.6. The van der Waals surface area contributed by atoms with Crippen molar-refractivity contribution in [1.82, 2.24) is 0 Å². The van der Waals surface area contributed by atoms with E-state index >= 15 is 0 Å². The van der Waals surface area contributed by atoms with Gasteiger partial charge in [-0.15, -0.1) is 11.3 Å². The molecule has 1 aliphatic rings. The summed E-state index contributed by atoms with van der Waals surface area (Å²) < 4.78 is 24.2. The summed E-state index contributed by atoms with van der Waals surface area (Å²) in [6.07, 6.45) is 0.490. The maximum atomic E-state index is 11.9. The summed E-state index contributed by atoms with van der Waals surface area (Å²) in [6, 6.07) is 6.83. The SMILES string of the molecule is O=S1(=O)CCc2c1sccc2=NNc1ccc(Cl)cc1Cl. The predicted octanol–water partition coefficient (Wildman–Crippen LogP) is 3.31. The third kappa shape index (κ3) is 2.94. The molecule has 0 atom stereocenters. The van der Waals surface area contributed by atoms with Gasteiger partial charge in [0.05, 0.1) is 21.8 Å². The highest BCUT2D eigenvalue weighted by Crippen LogP contribution is 2.27. The van der Waals surface area contributed by atoms with Crippen molar-refractivity contribution in [2.75, 3.05) is 11.2 Å². The van der Waals surface area contributed by atoms with Crippen LogP contribution in [0.15, 0.2) is 39.0 Å². The number of nitrogens with one attached hydrogen (secondary N) is 1. The number of halogens is 2. The Hall–Kier alpha value is -1.08. The molecule has 0 saturated heterocycles. The molecule has 1 aliphatic heterocycles. The lowest BCUT2D eigenvalue weighted by atomic mass is 10.2. The minimum Gasteiger partial charge on any atom is -0.276 e. The molecule has 0 fully saturated rings. The Balaban J connectivity index is 2.01. The van der Waals surface area contributed by atoms with E-state index in [1.165, 1.54) is 11.3 Å². The quantitative estimate of drug-likeness (QED) is 0.835. The van der Waals surface area contributed by atoms with Gasteiger partial charge in [-0.3, -0.25) is 5.43 Å². The molecule has 0 amide bonds. The number of benzene rings is 1. The Morgan fingerprint density at radius 2 is 2.05 bits per heavy atom. The minimum atomic E-state index is -3.14. The van der Waals surface area contributed by atoms with Crippen LogP contribution in [-0.2, 0) is 16.3 Å². The molecule has 110 valence electrons. The first-order chi connectivity index (χ1) is 9.97. The van der Waals surface area contributed by atoms with Crippen molar-refractivity contribution in [3.8, 4) is 0 Å². The average Bonchev–Trinajstić information content (AvgIpc) is 2.75. The number of fused-ring (bicyclic) bond motifs is 1. The summed E-state index contributed by atoms with van der Waals surface area (Å²) in [6.45, 7) is 0. The van der Waals surface area contributed by atoms with Crippen LogP contribution in [-0.4, -0.2) is 14.2 Å². The molecule has 0 unspecified atom stereocenters. The fraction of sp³-hybridized carbons (Fsp3) is 0.154. The van der Waals surface area contributed by atoms with Gasteiger partial charge in [0.15, 0.2) is 9.84 Å². The van der Waals surface area contributed by atoms with Crippen molar-refractivity contribution in [2.24, 2.45) is 5.10 Å². The molecule has 0 bridgehead atoms. The van der Waals surface area contributed by atoms with Crippen molar-refractivity contribution >= 4 is 50.1 Å². The van der Waals surface area contributed by atoms with Gasteiger partial charge < -0.3 is 0 Å². The van der Waals surface area contributed by atoms with Gasteiger partial charge in [-0.25, -0.2) is 8.42 Å². The third-order valence-corrected chi connectivity index (χ3v) is 6.97. The first-order valence-corrected chi connectivity index (χ1v) is 9.34.